The molecule has 1 fully saturated rings. The van der Waals surface area contributed by atoms with Gasteiger partial charge in [0.2, 0.25) is 10.0 Å². The van der Waals surface area contributed by atoms with Crippen molar-refractivity contribution in [2.24, 2.45) is 0 Å². The Morgan fingerprint density at radius 2 is 1.79 bits per heavy atom. The average molecular weight is 506 g/mol. The number of carbonyl (C=O) groups excluding carboxylic acids is 1. The fourth-order valence-electron chi connectivity index (χ4n) is 3.65. The number of allylic oxidation sites excluding steroid dienone is 2. The van der Waals surface area contributed by atoms with Crippen LogP contribution in [0.15, 0.2) is 71.6 Å². The molecule has 33 heavy (non-hydrogen) atoms. The highest BCUT2D eigenvalue weighted by molar-refractivity contribution is 8.18. The lowest BCUT2D eigenvalue weighted by molar-refractivity contribution is -0.104. The number of carbonyl (C=O) groups is 1. The number of benzene rings is 2. The van der Waals surface area contributed by atoms with Gasteiger partial charge in [0.15, 0.2) is 0 Å². The zero-order chi connectivity index (χ0) is 23.6. The van der Waals surface area contributed by atoms with Crippen molar-refractivity contribution in [3.8, 4) is 0 Å². The summed E-state index contributed by atoms with van der Waals surface area (Å²) in [6.07, 6.45) is 6.61. The molecule has 1 aliphatic rings. The van der Waals surface area contributed by atoms with Gasteiger partial charge in [-0.3, -0.25) is 4.79 Å². The second-order valence-corrected chi connectivity index (χ2v) is 13.0. The van der Waals surface area contributed by atoms with E-state index in [1.54, 1.807) is 24.3 Å². The first-order valence-corrected chi connectivity index (χ1v) is 14.5. The minimum atomic E-state index is -3.70. The summed E-state index contributed by atoms with van der Waals surface area (Å²) in [4.78, 5) is 11.1. The molecular formula is C25H31NO4S3. The summed E-state index contributed by atoms with van der Waals surface area (Å²) in [5.41, 5.74) is 2.05. The molecule has 2 aromatic carbocycles. The molecule has 0 spiro atoms. The highest BCUT2D eigenvalue weighted by atomic mass is 32.2. The van der Waals surface area contributed by atoms with E-state index in [2.05, 4.69) is 4.72 Å². The van der Waals surface area contributed by atoms with E-state index >= 15 is 0 Å². The number of ether oxygens (including phenoxy) is 1. The van der Waals surface area contributed by atoms with Crippen LogP contribution in [0.25, 0.3) is 0 Å². The van der Waals surface area contributed by atoms with Crippen molar-refractivity contribution in [2.45, 2.75) is 47.8 Å². The third-order valence-electron chi connectivity index (χ3n) is 5.30. The molecule has 1 aliphatic heterocycles. The summed E-state index contributed by atoms with van der Waals surface area (Å²) in [5.74, 6) is 2.04. The van der Waals surface area contributed by atoms with Gasteiger partial charge in [-0.1, -0.05) is 54.1 Å². The van der Waals surface area contributed by atoms with E-state index in [1.807, 2.05) is 66.9 Å². The first-order chi connectivity index (χ1) is 15.9. The monoisotopic (exact) mass is 505 g/mol. The number of hydrogen-bond acceptors (Lipinski definition) is 6. The first-order valence-electron chi connectivity index (χ1n) is 11.0. The van der Waals surface area contributed by atoms with Crippen LogP contribution < -0.4 is 4.72 Å². The predicted octanol–water partition coefficient (Wildman–Crippen LogP) is 4.96. The van der Waals surface area contributed by atoms with Crippen LogP contribution in [-0.4, -0.2) is 42.9 Å². The van der Waals surface area contributed by atoms with Crippen LogP contribution in [-0.2, 0) is 26.2 Å². The number of thioether (sulfide) groups is 2. The third kappa shape index (κ3) is 8.30. The van der Waals surface area contributed by atoms with Gasteiger partial charge in [0.1, 0.15) is 6.29 Å². The maximum Gasteiger partial charge on any atom is 0.240 e. The topological polar surface area (TPSA) is 72.5 Å². The molecule has 0 bridgehead atoms. The normalized spacial score (nSPS) is 17.1. The van der Waals surface area contributed by atoms with Crippen molar-refractivity contribution in [3.63, 3.8) is 0 Å². The lowest BCUT2D eigenvalue weighted by Gasteiger charge is -2.38. The average Bonchev–Trinajstić information content (AvgIpc) is 2.80. The highest BCUT2D eigenvalue weighted by Gasteiger charge is 2.36. The van der Waals surface area contributed by atoms with E-state index in [0.717, 1.165) is 35.3 Å². The number of nitrogens with one attached hydrogen (secondary N) is 1. The van der Waals surface area contributed by atoms with Crippen LogP contribution in [0.2, 0.25) is 0 Å². The second kappa shape index (κ2) is 12.8. The van der Waals surface area contributed by atoms with Crippen LogP contribution in [0.4, 0.5) is 0 Å². The van der Waals surface area contributed by atoms with E-state index in [1.165, 1.54) is 6.08 Å². The SMILES string of the molecule is Cc1ccc(S(=O)(=O)N[C@@H](COCc2ccccc2)CC2(C/C=C\C=O)SCCCS2)cc1. The molecule has 0 aromatic heterocycles. The van der Waals surface area contributed by atoms with Crippen LogP contribution in [0, 0.1) is 6.92 Å². The van der Waals surface area contributed by atoms with Gasteiger partial charge in [0.25, 0.3) is 0 Å². The van der Waals surface area contributed by atoms with Gasteiger partial charge >= 0.3 is 0 Å². The number of hydrogen-bond donors (Lipinski definition) is 1. The Morgan fingerprint density at radius 3 is 2.45 bits per heavy atom. The largest absolute Gasteiger partial charge is 0.375 e. The maximum absolute atomic E-state index is 13.2. The molecule has 3 rings (SSSR count). The molecule has 0 radical (unpaired) electrons. The van der Waals surface area contributed by atoms with E-state index in [4.69, 9.17) is 4.74 Å². The number of aryl methyl sites for hydroxylation is 1. The Hall–Kier alpha value is -1.58. The standard InChI is InChI=1S/C25H31NO4S3/c1-21-10-12-24(13-11-21)33(28,29)26-23(20-30-19-22-8-3-2-4-9-22)18-25(14-5-6-15-27)31-16-7-17-32-25/h2-6,8-13,15,23,26H,7,14,16-20H2,1H3/b6-5-/t23-/m1/s1. The van der Waals surface area contributed by atoms with Gasteiger partial charge in [0.05, 0.1) is 22.2 Å². The Labute approximate surface area is 205 Å². The fourth-order valence-corrected chi connectivity index (χ4v) is 8.27. The Balaban J connectivity index is 1.77. The van der Waals surface area contributed by atoms with Crippen molar-refractivity contribution >= 4 is 39.8 Å². The predicted molar refractivity (Wildman–Crippen MR) is 138 cm³/mol. The highest BCUT2D eigenvalue weighted by Crippen LogP contribution is 2.48. The molecule has 1 atom stereocenters. The van der Waals surface area contributed by atoms with E-state index < -0.39 is 16.1 Å². The fraction of sp³-hybridized carbons (Fsp3) is 0.400. The van der Waals surface area contributed by atoms with Crippen LogP contribution in [0.5, 0.6) is 0 Å². The molecule has 0 aliphatic carbocycles. The molecule has 1 saturated heterocycles. The minimum absolute atomic E-state index is 0.200. The molecule has 1 N–H and O–H groups in total. The van der Waals surface area contributed by atoms with E-state index in [-0.39, 0.29) is 15.6 Å². The van der Waals surface area contributed by atoms with Crippen molar-refractivity contribution in [1.29, 1.82) is 0 Å². The Bertz CT molecular complexity index is 1000. The molecule has 8 heteroatoms. The number of aldehydes is 1. The first kappa shape index (κ1) is 26.0. The summed E-state index contributed by atoms with van der Waals surface area (Å²) in [7, 11) is -3.70. The van der Waals surface area contributed by atoms with Crippen molar-refractivity contribution in [1.82, 2.24) is 4.72 Å². The molecule has 0 unspecified atom stereocenters. The molecule has 0 amide bonds. The van der Waals surface area contributed by atoms with Gasteiger partial charge in [-0.2, -0.15) is 0 Å². The Morgan fingerprint density at radius 1 is 1.09 bits per heavy atom. The molecule has 1 heterocycles. The summed E-state index contributed by atoms with van der Waals surface area (Å²) in [5, 5.41) is 0. The van der Waals surface area contributed by atoms with Crippen LogP contribution >= 0.6 is 23.5 Å². The lowest BCUT2D eigenvalue weighted by Crippen LogP contribution is -2.43. The molecule has 178 valence electrons. The van der Waals surface area contributed by atoms with E-state index in [9.17, 15) is 13.2 Å². The zero-order valence-electron chi connectivity index (χ0n) is 18.8. The van der Waals surface area contributed by atoms with Crippen LogP contribution in [0.1, 0.15) is 30.4 Å². The Kier molecular flexibility index (Phi) is 10.1. The second-order valence-electron chi connectivity index (χ2n) is 8.07. The van der Waals surface area contributed by atoms with Crippen molar-refractivity contribution < 1.29 is 17.9 Å². The maximum atomic E-state index is 13.2. The molecular weight excluding hydrogens is 474 g/mol. The molecule has 0 saturated carbocycles. The van der Waals surface area contributed by atoms with Crippen LogP contribution in [0.3, 0.4) is 0 Å². The lowest BCUT2D eigenvalue weighted by atomic mass is 10.1. The van der Waals surface area contributed by atoms with Gasteiger partial charge in [-0.05, 0) is 61.5 Å². The van der Waals surface area contributed by atoms with Gasteiger partial charge in [0, 0.05) is 6.04 Å². The molecule has 5 nitrogen and oxygen atoms in total. The third-order valence-corrected chi connectivity index (χ3v) is 10.3. The van der Waals surface area contributed by atoms with Gasteiger partial charge in [-0.25, -0.2) is 13.1 Å². The summed E-state index contributed by atoms with van der Waals surface area (Å²) >= 11 is 3.70. The van der Waals surface area contributed by atoms with Crippen molar-refractivity contribution in [2.75, 3.05) is 18.1 Å². The van der Waals surface area contributed by atoms with Crippen molar-refractivity contribution in [3.05, 3.63) is 77.9 Å². The minimum Gasteiger partial charge on any atom is -0.375 e. The quantitative estimate of drug-likeness (QED) is 0.325. The summed E-state index contributed by atoms with van der Waals surface area (Å²) < 4.78 is 35.0. The summed E-state index contributed by atoms with van der Waals surface area (Å²) in [6, 6.07) is 16.3. The summed E-state index contributed by atoms with van der Waals surface area (Å²) in [6.45, 7) is 2.61. The zero-order valence-corrected chi connectivity index (χ0v) is 21.3. The smallest absolute Gasteiger partial charge is 0.240 e. The molecule has 2 aromatic rings. The van der Waals surface area contributed by atoms with Gasteiger partial charge in [-0.15, -0.1) is 23.5 Å². The number of rotatable bonds is 12. The van der Waals surface area contributed by atoms with Gasteiger partial charge < -0.3 is 4.74 Å². The van der Waals surface area contributed by atoms with E-state index in [0.29, 0.717) is 19.4 Å². The number of sulfonamides is 1.